The fraction of sp³-hybridized carbons (Fsp3) is 0.333. The standard InChI is InChI=1S/C18H19N3O3/c1-9-13-12(11-6-4-3-5-7-11)8-19-17(13)21-18(20-9)16-15(23)14(22)10(2)24-16/h3-8,10,14-16,22-23H,1-2H3,(H,19,20,21)/t10-,14+,15+,16+/m0/s1. The Morgan fingerprint density at radius 3 is 2.54 bits per heavy atom. The molecule has 0 amide bonds. The predicted octanol–water partition coefficient (Wildman–Crippen LogP) is 2.07. The quantitative estimate of drug-likeness (QED) is 0.671. The number of aliphatic hydroxyl groups is 2. The molecule has 3 aliphatic heterocycles. The molecular weight excluding hydrogens is 306 g/mol. The van der Waals surface area contributed by atoms with Gasteiger partial charge < -0.3 is 19.9 Å². The maximum absolute atomic E-state index is 10.2. The fourth-order valence-electron chi connectivity index (χ4n) is 3.28. The van der Waals surface area contributed by atoms with Gasteiger partial charge in [0.15, 0.2) is 0 Å². The van der Waals surface area contributed by atoms with Crippen LogP contribution in [0.3, 0.4) is 0 Å². The molecule has 0 bridgehead atoms. The summed E-state index contributed by atoms with van der Waals surface area (Å²) in [5, 5.41) is 20.1. The molecule has 124 valence electrons. The molecule has 24 heavy (non-hydrogen) atoms. The first-order valence-corrected chi connectivity index (χ1v) is 7.98. The molecular formula is C18H19N3O3. The summed E-state index contributed by atoms with van der Waals surface area (Å²) < 4.78 is 5.65. The van der Waals surface area contributed by atoms with Gasteiger partial charge in [-0.15, -0.1) is 0 Å². The summed E-state index contributed by atoms with van der Waals surface area (Å²) >= 11 is 0. The summed E-state index contributed by atoms with van der Waals surface area (Å²) in [6.07, 6.45) is -1.24. The van der Waals surface area contributed by atoms with E-state index in [9.17, 15) is 10.2 Å². The molecule has 1 aromatic carbocycles. The van der Waals surface area contributed by atoms with Crippen LogP contribution in [0.25, 0.3) is 22.5 Å². The molecule has 0 spiro atoms. The zero-order valence-corrected chi connectivity index (χ0v) is 13.5. The van der Waals surface area contributed by atoms with Gasteiger partial charge in [-0.05, 0) is 19.4 Å². The van der Waals surface area contributed by atoms with Gasteiger partial charge in [-0.2, -0.15) is 0 Å². The van der Waals surface area contributed by atoms with Gasteiger partial charge in [-0.3, -0.25) is 0 Å². The number of nitrogens with one attached hydrogen (secondary N) is 1. The maximum Gasteiger partial charge on any atom is 0.144 e. The average molecular weight is 325 g/mol. The first-order valence-electron chi connectivity index (χ1n) is 7.98. The van der Waals surface area contributed by atoms with Crippen molar-refractivity contribution in [3.05, 3.63) is 48.0 Å². The molecule has 1 saturated heterocycles. The van der Waals surface area contributed by atoms with Gasteiger partial charge in [-0.25, -0.2) is 9.97 Å². The van der Waals surface area contributed by atoms with Crippen molar-refractivity contribution in [2.24, 2.45) is 0 Å². The van der Waals surface area contributed by atoms with E-state index in [1.54, 1.807) is 6.92 Å². The molecule has 0 aromatic heterocycles. The van der Waals surface area contributed by atoms with Crippen LogP contribution in [0.2, 0.25) is 0 Å². The minimum absolute atomic E-state index is 0.441. The second-order valence-electron chi connectivity index (χ2n) is 6.21. The molecule has 4 rings (SSSR count). The van der Waals surface area contributed by atoms with Gasteiger partial charge in [0.05, 0.1) is 11.8 Å². The third kappa shape index (κ3) is 2.31. The van der Waals surface area contributed by atoms with Crippen LogP contribution in [0.1, 0.15) is 24.5 Å². The summed E-state index contributed by atoms with van der Waals surface area (Å²) in [4.78, 5) is 12.2. The molecule has 3 N–H and O–H groups in total. The van der Waals surface area contributed by atoms with Crippen LogP contribution in [0.5, 0.6) is 0 Å². The first kappa shape index (κ1) is 15.3. The number of hydrogen-bond donors (Lipinski definition) is 3. The normalized spacial score (nSPS) is 27.0. The molecule has 0 unspecified atom stereocenters. The number of benzene rings is 1. The van der Waals surface area contributed by atoms with E-state index < -0.39 is 24.4 Å². The summed E-state index contributed by atoms with van der Waals surface area (Å²) in [5.74, 6) is 1.18. The van der Waals surface area contributed by atoms with Crippen LogP contribution in [0.4, 0.5) is 0 Å². The fourth-order valence-corrected chi connectivity index (χ4v) is 3.28. The van der Waals surface area contributed by atoms with Crippen molar-refractivity contribution in [3.63, 3.8) is 0 Å². The Hall–Kier alpha value is -2.28. The Bertz CT molecular complexity index is 833. The topological polar surface area (TPSA) is 91.3 Å². The highest BCUT2D eigenvalue weighted by molar-refractivity contribution is 5.83. The number of fused-ring (bicyclic) bond motifs is 1. The summed E-state index contributed by atoms with van der Waals surface area (Å²) in [6.45, 7) is 3.64. The van der Waals surface area contributed by atoms with E-state index in [2.05, 4.69) is 15.0 Å². The van der Waals surface area contributed by atoms with E-state index in [4.69, 9.17) is 4.74 Å². The molecule has 0 saturated carbocycles. The van der Waals surface area contributed by atoms with Crippen molar-refractivity contribution in [1.82, 2.24) is 15.0 Å². The van der Waals surface area contributed by atoms with Crippen molar-refractivity contribution < 1.29 is 14.9 Å². The number of ether oxygens (including phenoxy) is 1. The highest BCUT2D eigenvalue weighted by atomic mass is 16.5. The van der Waals surface area contributed by atoms with Gasteiger partial charge in [-0.1, -0.05) is 30.3 Å². The van der Waals surface area contributed by atoms with Gasteiger partial charge in [0.2, 0.25) is 0 Å². The van der Waals surface area contributed by atoms with Gasteiger partial charge in [0.1, 0.15) is 30.0 Å². The van der Waals surface area contributed by atoms with E-state index in [1.807, 2.05) is 43.5 Å². The van der Waals surface area contributed by atoms with E-state index in [0.717, 1.165) is 22.4 Å². The minimum atomic E-state index is -1.01. The van der Waals surface area contributed by atoms with Crippen molar-refractivity contribution in [2.45, 2.75) is 38.3 Å². The number of aromatic amines is 1. The van der Waals surface area contributed by atoms with Gasteiger partial charge in [0, 0.05) is 17.3 Å². The highest BCUT2D eigenvalue weighted by Crippen LogP contribution is 2.37. The van der Waals surface area contributed by atoms with Crippen molar-refractivity contribution in [2.75, 3.05) is 0 Å². The lowest BCUT2D eigenvalue weighted by molar-refractivity contribution is 0.00959. The number of aryl methyl sites for hydroxylation is 1. The first-order chi connectivity index (χ1) is 11.6. The van der Waals surface area contributed by atoms with Crippen LogP contribution in [0.15, 0.2) is 36.5 Å². The van der Waals surface area contributed by atoms with E-state index >= 15 is 0 Å². The van der Waals surface area contributed by atoms with Gasteiger partial charge in [0.25, 0.3) is 0 Å². The monoisotopic (exact) mass is 325 g/mol. The minimum Gasteiger partial charge on any atom is -0.388 e. The van der Waals surface area contributed by atoms with Crippen LogP contribution in [-0.2, 0) is 4.74 Å². The number of nitrogens with zero attached hydrogens (tertiary/aromatic N) is 2. The lowest BCUT2D eigenvalue weighted by Crippen LogP contribution is -2.29. The lowest BCUT2D eigenvalue weighted by Gasteiger charge is -2.17. The number of hydrogen-bond acceptors (Lipinski definition) is 5. The molecule has 6 heteroatoms. The number of H-pyrrole nitrogens is 1. The van der Waals surface area contributed by atoms with Gasteiger partial charge >= 0.3 is 0 Å². The Kier molecular flexibility index (Phi) is 3.60. The molecule has 1 aromatic rings. The second-order valence-corrected chi connectivity index (χ2v) is 6.21. The van der Waals surface area contributed by atoms with Crippen molar-refractivity contribution in [3.8, 4) is 22.5 Å². The zero-order chi connectivity index (χ0) is 16.8. The molecule has 0 radical (unpaired) electrons. The molecule has 1 fully saturated rings. The molecule has 3 aliphatic rings. The Balaban J connectivity index is 1.78. The molecule has 0 aliphatic carbocycles. The Labute approximate surface area is 139 Å². The number of aromatic nitrogens is 3. The Morgan fingerprint density at radius 1 is 1.12 bits per heavy atom. The average Bonchev–Trinajstić information content (AvgIpc) is 3.13. The lowest BCUT2D eigenvalue weighted by atomic mass is 10.0. The third-order valence-electron chi connectivity index (χ3n) is 4.58. The van der Waals surface area contributed by atoms with E-state index in [1.165, 1.54) is 0 Å². The van der Waals surface area contributed by atoms with Crippen molar-refractivity contribution in [1.29, 1.82) is 0 Å². The summed E-state index contributed by atoms with van der Waals surface area (Å²) in [7, 11) is 0. The second kappa shape index (κ2) is 5.66. The third-order valence-corrected chi connectivity index (χ3v) is 4.58. The van der Waals surface area contributed by atoms with Crippen LogP contribution in [0, 0.1) is 6.92 Å². The molecule has 6 nitrogen and oxygen atoms in total. The van der Waals surface area contributed by atoms with E-state index in [0.29, 0.717) is 11.6 Å². The highest BCUT2D eigenvalue weighted by Gasteiger charge is 2.42. The number of rotatable bonds is 2. The van der Waals surface area contributed by atoms with Crippen LogP contribution >= 0.6 is 0 Å². The molecule has 4 atom stereocenters. The smallest absolute Gasteiger partial charge is 0.144 e. The van der Waals surface area contributed by atoms with Crippen LogP contribution < -0.4 is 0 Å². The maximum atomic E-state index is 10.2. The van der Waals surface area contributed by atoms with Crippen molar-refractivity contribution >= 4 is 0 Å². The SMILES string of the molecule is Cc1nc([C@@H]2O[C@@H](C)[C@@H](O)[C@H]2O)[nH]c2ncc(-c3ccccc3)c1-2. The number of aliphatic hydroxyl groups excluding tert-OH is 2. The predicted molar refractivity (Wildman–Crippen MR) is 88.5 cm³/mol. The zero-order valence-electron chi connectivity index (χ0n) is 13.5. The largest absolute Gasteiger partial charge is 0.388 e. The van der Waals surface area contributed by atoms with Crippen LogP contribution in [-0.4, -0.2) is 43.5 Å². The van der Waals surface area contributed by atoms with E-state index in [-0.39, 0.29) is 0 Å². The summed E-state index contributed by atoms with van der Waals surface area (Å²) in [6, 6.07) is 10.0. The molecule has 3 heterocycles. The Morgan fingerprint density at radius 2 is 1.88 bits per heavy atom. The summed E-state index contributed by atoms with van der Waals surface area (Å²) in [5.41, 5.74) is 3.85.